The molecule has 0 unspecified atom stereocenters. The first-order valence-corrected chi connectivity index (χ1v) is 4.40. The Morgan fingerprint density at radius 3 is 2.08 bits per heavy atom. The van der Waals surface area contributed by atoms with Crippen molar-refractivity contribution in [2.75, 3.05) is 0 Å². The largest absolute Gasteiger partial charge is 0.0961 e. The predicted molar refractivity (Wildman–Crippen MR) is 61.7 cm³/mol. The molecule has 0 amide bonds. The Balaban J connectivity index is 4.63. The van der Waals surface area contributed by atoms with Crippen molar-refractivity contribution in [3.63, 3.8) is 0 Å². The molecule has 0 aromatic rings. The third kappa shape index (κ3) is 5.92. The van der Waals surface area contributed by atoms with Crippen LogP contribution in [0.3, 0.4) is 0 Å². The van der Waals surface area contributed by atoms with Crippen molar-refractivity contribution in [1.82, 2.24) is 0 Å². The van der Waals surface area contributed by atoms with Crippen LogP contribution >= 0.6 is 0 Å². The van der Waals surface area contributed by atoms with E-state index in [1.54, 1.807) is 0 Å². The van der Waals surface area contributed by atoms with Gasteiger partial charge in [0.05, 0.1) is 0 Å². The molecular formula is C13H18. The summed E-state index contributed by atoms with van der Waals surface area (Å²) in [5.41, 5.74) is 3.25. The van der Waals surface area contributed by atoms with Crippen molar-refractivity contribution in [3.05, 3.63) is 60.3 Å². The topological polar surface area (TPSA) is 0 Å². The second kappa shape index (κ2) is 6.24. The average Bonchev–Trinajstić information content (AvgIpc) is 2.03. The molecule has 0 saturated carbocycles. The van der Waals surface area contributed by atoms with Gasteiger partial charge in [-0.05, 0) is 26.3 Å². The van der Waals surface area contributed by atoms with E-state index < -0.39 is 0 Å². The molecule has 70 valence electrons. The quantitative estimate of drug-likeness (QED) is 0.560. The normalized spacial score (nSPS) is 12.7. The smallest absolute Gasteiger partial charge is 0.0233 e. The summed E-state index contributed by atoms with van der Waals surface area (Å²) in [6.45, 7) is 13.7. The third-order valence-corrected chi connectivity index (χ3v) is 1.51. The van der Waals surface area contributed by atoms with Crippen LogP contribution in [0.2, 0.25) is 0 Å². The van der Waals surface area contributed by atoms with Gasteiger partial charge in [0.1, 0.15) is 0 Å². The molecule has 0 aliphatic rings. The number of allylic oxidation sites excluding steroid dienone is 8. The van der Waals surface area contributed by atoms with Crippen LogP contribution in [-0.2, 0) is 0 Å². The Morgan fingerprint density at radius 2 is 1.69 bits per heavy atom. The molecule has 0 aliphatic heterocycles. The summed E-state index contributed by atoms with van der Waals surface area (Å²) in [7, 11) is 0. The van der Waals surface area contributed by atoms with Gasteiger partial charge in [-0.25, -0.2) is 0 Å². The predicted octanol–water partition coefficient (Wildman–Crippen LogP) is 4.20. The average molecular weight is 174 g/mol. The summed E-state index contributed by atoms with van der Waals surface area (Å²) in [5.74, 6) is 0. The summed E-state index contributed by atoms with van der Waals surface area (Å²) >= 11 is 0. The van der Waals surface area contributed by atoms with Gasteiger partial charge in [0.25, 0.3) is 0 Å². The fourth-order valence-electron chi connectivity index (χ4n) is 0.772. The molecule has 0 bridgehead atoms. The summed E-state index contributed by atoms with van der Waals surface area (Å²) in [6, 6.07) is 0. The molecule has 0 spiro atoms. The summed E-state index contributed by atoms with van der Waals surface area (Å²) < 4.78 is 0. The molecule has 0 N–H and O–H groups in total. The van der Waals surface area contributed by atoms with E-state index in [4.69, 9.17) is 0 Å². The van der Waals surface area contributed by atoms with Crippen LogP contribution in [0.25, 0.3) is 0 Å². The standard InChI is InChI=1S/C13H18/c1-6-7-8-13(12(4)5)10-9-11(2)3/h6-10H,2,4H2,1,3,5H3/b7-6-,10-9-,13-8-. The SMILES string of the molecule is C=C(C)\C=C/C(=C/C=C\C)C(=C)C. The van der Waals surface area contributed by atoms with Crippen molar-refractivity contribution in [3.8, 4) is 0 Å². The van der Waals surface area contributed by atoms with Crippen molar-refractivity contribution < 1.29 is 0 Å². The molecule has 13 heavy (non-hydrogen) atoms. The monoisotopic (exact) mass is 174 g/mol. The zero-order valence-corrected chi connectivity index (χ0v) is 8.80. The molecule has 0 nitrogen and oxygen atoms in total. The van der Waals surface area contributed by atoms with E-state index >= 15 is 0 Å². The van der Waals surface area contributed by atoms with Gasteiger partial charge in [0, 0.05) is 0 Å². The van der Waals surface area contributed by atoms with Crippen molar-refractivity contribution in [2.45, 2.75) is 20.8 Å². The van der Waals surface area contributed by atoms with Gasteiger partial charge in [-0.2, -0.15) is 0 Å². The minimum atomic E-state index is 1.05. The highest BCUT2D eigenvalue weighted by molar-refractivity contribution is 5.40. The highest BCUT2D eigenvalue weighted by Crippen LogP contribution is 2.09. The van der Waals surface area contributed by atoms with Gasteiger partial charge in [-0.15, -0.1) is 0 Å². The van der Waals surface area contributed by atoms with Crippen LogP contribution in [0.15, 0.2) is 60.3 Å². The number of hydrogen-bond donors (Lipinski definition) is 0. The van der Waals surface area contributed by atoms with Crippen LogP contribution in [0, 0.1) is 0 Å². The zero-order valence-electron chi connectivity index (χ0n) is 8.80. The first-order chi connectivity index (χ1) is 6.07. The molecule has 0 fully saturated rings. The van der Waals surface area contributed by atoms with Crippen molar-refractivity contribution >= 4 is 0 Å². The summed E-state index contributed by atoms with van der Waals surface area (Å²) in [4.78, 5) is 0. The molecule has 0 heteroatoms. The van der Waals surface area contributed by atoms with Crippen LogP contribution in [0.5, 0.6) is 0 Å². The van der Waals surface area contributed by atoms with E-state index in [-0.39, 0.29) is 0 Å². The molecule has 0 heterocycles. The minimum Gasteiger partial charge on any atom is -0.0961 e. The van der Waals surface area contributed by atoms with Crippen LogP contribution in [0.1, 0.15) is 20.8 Å². The van der Waals surface area contributed by atoms with Gasteiger partial charge in [-0.3, -0.25) is 0 Å². The molecule has 0 aromatic carbocycles. The van der Waals surface area contributed by atoms with E-state index in [1.807, 2.05) is 51.2 Å². The van der Waals surface area contributed by atoms with Crippen LogP contribution in [0.4, 0.5) is 0 Å². The molecule has 0 saturated heterocycles. The lowest BCUT2D eigenvalue weighted by molar-refractivity contribution is 1.43. The Morgan fingerprint density at radius 1 is 1.08 bits per heavy atom. The second-order valence-electron chi connectivity index (χ2n) is 3.11. The summed E-state index contributed by atoms with van der Waals surface area (Å²) in [6.07, 6.45) is 10.1. The first kappa shape index (κ1) is 11.7. The van der Waals surface area contributed by atoms with E-state index in [0.29, 0.717) is 0 Å². The van der Waals surface area contributed by atoms with E-state index in [9.17, 15) is 0 Å². The molecule has 0 radical (unpaired) electrons. The Labute approximate surface area is 81.7 Å². The maximum atomic E-state index is 3.90. The first-order valence-electron chi connectivity index (χ1n) is 4.40. The fraction of sp³-hybridized carbons (Fsp3) is 0.231. The highest BCUT2D eigenvalue weighted by atomic mass is 13.9. The lowest BCUT2D eigenvalue weighted by Crippen LogP contribution is -1.78. The maximum absolute atomic E-state index is 3.90. The Kier molecular flexibility index (Phi) is 5.62. The lowest BCUT2D eigenvalue weighted by atomic mass is 10.1. The van der Waals surface area contributed by atoms with Crippen molar-refractivity contribution in [2.24, 2.45) is 0 Å². The van der Waals surface area contributed by atoms with Gasteiger partial charge in [-0.1, -0.05) is 54.7 Å². The van der Waals surface area contributed by atoms with Gasteiger partial charge in [0.15, 0.2) is 0 Å². The van der Waals surface area contributed by atoms with Gasteiger partial charge < -0.3 is 0 Å². The van der Waals surface area contributed by atoms with E-state index in [1.165, 1.54) is 0 Å². The van der Waals surface area contributed by atoms with Gasteiger partial charge >= 0.3 is 0 Å². The molecule has 0 aromatic heterocycles. The summed E-state index contributed by atoms with van der Waals surface area (Å²) in [5, 5.41) is 0. The third-order valence-electron chi connectivity index (χ3n) is 1.51. The van der Waals surface area contributed by atoms with E-state index in [0.717, 1.165) is 16.7 Å². The second-order valence-corrected chi connectivity index (χ2v) is 3.11. The van der Waals surface area contributed by atoms with Gasteiger partial charge in [0.2, 0.25) is 0 Å². The zero-order chi connectivity index (χ0) is 10.3. The maximum Gasteiger partial charge on any atom is -0.0233 e. The van der Waals surface area contributed by atoms with E-state index in [2.05, 4.69) is 13.2 Å². The number of rotatable bonds is 4. The lowest BCUT2D eigenvalue weighted by Gasteiger charge is -1.98. The molecular weight excluding hydrogens is 156 g/mol. The molecule has 0 atom stereocenters. The fourth-order valence-corrected chi connectivity index (χ4v) is 0.772. The van der Waals surface area contributed by atoms with Crippen LogP contribution in [-0.4, -0.2) is 0 Å². The van der Waals surface area contributed by atoms with Crippen LogP contribution < -0.4 is 0 Å². The highest BCUT2D eigenvalue weighted by Gasteiger charge is 1.89. The molecule has 0 aliphatic carbocycles. The Hall–Kier alpha value is -1.30. The Bertz CT molecular complexity index is 272. The number of hydrogen-bond acceptors (Lipinski definition) is 0. The van der Waals surface area contributed by atoms with Crippen molar-refractivity contribution in [1.29, 1.82) is 0 Å². The minimum absolute atomic E-state index is 1.05. The molecule has 0 rings (SSSR count).